The lowest BCUT2D eigenvalue weighted by Gasteiger charge is -2.31. The number of hydrogen-bond acceptors (Lipinski definition) is 7. The minimum Gasteiger partial charge on any atom is -0.459 e. The highest BCUT2D eigenvalue weighted by Crippen LogP contribution is 2.24. The predicted molar refractivity (Wildman–Crippen MR) is 101 cm³/mol. The van der Waals surface area contributed by atoms with Crippen LogP contribution >= 0.6 is 0 Å². The summed E-state index contributed by atoms with van der Waals surface area (Å²) in [7, 11) is -3.74. The number of hydrogen-bond donors (Lipinski definition) is 1. The molecule has 28 heavy (non-hydrogen) atoms. The van der Waals surface area contributed by atoms with Crippen LogP contribution in [0.5, 0.6) is 6.01 Å². The van der Waals surface area contributed by atoms with Crippen LogP contribution < -0.4 is 10.5 Å². The summed E-state index contributed by atoms with van der Waals surface area (Å²) in [5.41, 5.74) is 2.26. The van der Waals surface area contributed by atoms with E-state index >= 15 is 0 Å². The second-order valence-electron chi connectivity index (χ2n) is 6.85. The second-order valence-corrected chi connectivity index (χ2v) is 8.79. The third-order valence-electron chi connectivity index (χ3n) is 4.60. The highest BCUT2D eigenvalue weighted by atomic mass is 32.2. The number of fused-ring (bicyclic) bond motifs is 1. The molecule has 3 aromatic rings. The van der Waals surface area contributed by atoms with Crippen LogP contribution in [0.4, 0.5) is 0 Å². The Labute approximate surface area is 161 Å². The van der Waals surface area contributed by atoms with Gasteiger partial charge in [-0.05, 0) is 51.0 Å². The third kappa shape index (κ3) is 3.65. The molecule has 1 unspecified atom stereocenters. The Hall–Kier alpha value is -2.72. The van der Waals surface area contributed by atoms with Crippen LogP contribution in [0.1, 0.15) is 24.2 Å². The van der Waals surface area contributed by atoms with Crippen LogP contribution in [-0.2, 0) is 10.0 Å². The lowest BCUT2D eigenvalue weighted by Crippen LogP contribution is -2.44. The fraction of sp³-hybridized carbons (Fsp3) is 0.389. The number of H-pyrrole nitrogens is 1. The van der Waals surface area contributed by atoms with Gasteiger partial charge in [0.25, 0.3) is 0 Å². The largest absolute Gasteiger partial charge is 0.459 e. The Morgan fingerprint density at radius 3 is 2.71 bits per heavy atom. The molecule has 1 atom stereocenters. The molecule has 1 aliphatic rings. The quantitative estimate of drug-likeness (QED) is 0.704. The molecule has 10 heteroatoms. The average molecular weight is 404 g/mol. The van der Waals surface area contributed by atoms with Crippen LogP contribution in [-0.4, -0.2) is 46.9 Å². The molecule has 4 rings (SSSR count). The van der Waals surface area contributed by atoms with Crippen LogP contribution in [0.2, 0.25) is 0 Å². The summed E-state index contributed by atoms with van der Waals surface area (Å²) in [5, 5.41) is 0. The van der Waals surface area contributed by atoms with Gasteiger partial charge in [0.1, 0.15) is 6.10 Å². The van der Waals surface area contributed by atoms with Gasteiger partial charge in [-0.2, -0.15) is 4.31 Å². The van der Waals surface area contributed by atoms with E-state index in [0.717, 1.165) is 17.8 Å². The molecule has 0 spiro atoms. The van der Waals surface area contributed by atoms with E-state index in [2.05, 4.69) is 15.0 Å². The third-order valence-corrected chi connectivity index (χ3v) is 6.46. The van der Waals surface area contributed by atoms with Crippen LogP contribution in [0.15, 0.2) is 38.4 Å². The smallest absolute Gasteiger partial charge is 0.417 e. The normalized spacial score (nSPS) is 18.4. The number of rotatable bonds is 4. The molecular weight excluding hydrogens is 384 g/mol. The van der Waals surface area contributed by atoms with Gasteiger partial charge in [-0.3, -0.25) is 4.98 Å². The Balaban J connectivity index is 1.56. The van der Waals surface area contributed by atoms with Crippen molar-refractivity contribution in [2.24, 2.45) is 0 Å². The van der Waals surface area contributed by atoms with Gasteiger partial charge in [-0.15, -0.1) is 0 Å². The molecule has 3 heterocycles. The van der Waals surface area contributed by atoms with E-state index in [0.29, 0.717) is 24.1 Å². The number of benzene rings is 1. The first-order valence-corrected chi connectivity index (χ1v) is 10.4. The van der Waals surface area contributed by atoms with E-state index in [4.69, 9.17) is 9.15 Å². The molecule has 0 aliphatic carbocycles. The molecule has 1 aromatic carbocycles. The van der Waals surface area contributed by atoms with Crippen molar-refractivity contribution in [3.05, 3.63) is 46.2 Å². The van der Waals surface area contributed by atoms with Crippen molar-refractivity contribution in [1.29, 1.82) is 0 Å². The maximum atomic E-state index is 13.1. The van der Waals surface area contributed by atoms with E-state index < -0.39 is 15.8 Å². The van der Waals surface area contributed by atoms with Gasteiger partial charge in [0.2, 0.25) is 10.0 Å². The first kappa shape index (κ1) is 18.6. The minimum absolute atomic E-state index is 0.0975. The van der Waals surface area contributed by atoms with Gasteiger partial charge < -0.3 is 9.15 Å². The topological polar surface area (TPSA) is 118 Å². The maximum Gasteiger partial charge on any atom is 0.417 e. The number of piperidine rings is 1. The zero-order valence-corrected chi connectivity index (χ0v) is 16.3. The van der Waals surface area contributed by atoms with E-state index in [1.165, 1.54) is 22.5 Å². The summed E-state index contributed by atoms with van der Waals surface area (Å²) in [5.74, 6) is -0.621. The van der Waals surface area contributed by atoms with Gasteiger partial charge in [0.15, 0.2) is 5.58 Å². The SMILES string of the molecule is Cc1cc(C)nc(OC2CCCN(S(=O)(=O)c3ccc4oc(=O)[nH]c4c3)C2)n1. The first-order valence-electron chi connectivity index (χ1n) is 8.93. The van der Waals surface area contributed by atoms with Crippen molar-refractivity contribution >= 4 is 21.1 Å². The monoisotopic (exact) mass is 404 g/mol. The van der Waals surface area contributed by atoms with E-state index in [9.17, 15) is 13.2 Å². The molecule has 1 aliphatic heterocycles. The van der Waals surface area contributed by atoms with Crippen molar-refractivity contribution in [3.8, 4) is 6.01 Å². The van der Waals surface area contributed by atoms with Crippen molar-refractivity contribution in [3.63, 3.8) is 0 Å². The average Bonchev–Trinajstić information content (AvgIpc) is 3.00. The van der Waals surface area contributed by atoms with Crippen molar-refractivity contribution < 1.29 is 17.6 Å². The molecule has 148 valence electrons. The zero-order valence-electron chi connectivity index (χ0n) is 15.5. The van der Waals surface area contributed by atoms with E-state index in [-0.39, 0.29) is 23.6 Å². The number of aromatic nitrogens is 3. The lowest BCUT2D eigenvalue weighted by atomic mass is 10.1. The maximum absolute atomic E-state index is 13.1. The lowest BCUT2D eigenvalue weighted by molar-refractivity contribution is 0.119. The zero-order chi connectivity index (χ0) is 19.9. The number of ether oxygens (including phenoxy) is 1. The van der Waals surface area contributed by atoms with Crippen LogP contribution in [0.25, 0.3) is 11.1 Å². The number of aromatic amines is 1. The molecule has 0 amide bonds. The molecule has 0 bridgehead atoms. The fourth-order valence-corrected chi connectivity index (χ4v) is 4.89. The fourth-order valence-electron chi connectivity index (χ4n) is 3.36. The molecule has 0 radical (unpaired) electrons. The number of aryl methyl sites for hydroxylation is 2. The van der Waals surface area contributed by atoms with Crippen LogP contribution in [0, 0.1) is 13.8 Å². The number of sulfonamides is 1. The molecule has 1 fully saturated rings. The summed E-state index contributed by atoms with van der Waals surface area (Å²) >= 11 is 0. The van der Waals surface area contributed by atoms with Gasteiger partial charge in [0, 0.05) is 17.9 Å². The molecule has 2 aromatic heterocycles. The second kappa shape index (κ2) is 7.02. The molecule has 0 saturated carbocycles. The van der Waals surface area contributed by atoms with Gasteiger partial charge in [0.05, 0.1) is 17.0 Å². The van der Waals surface area contributed by atoms with Crippen molar-refractivity contribution in [1.82, 2.24) is 19.3 Å². The Bertz CT molecular complexity index is 1160. The first-order chi connectivity index (χ1) is 13.3. The highest BCUT2D eigenvalue weighted by Gasteiger charge is 2.32. The summed E-state index contributed by atoms with van der Waals surface area (Å²) < 4.78 is 38.3. The Morgan fingerprint density at radius 1 is 1.21 bits per heavy atom. The summed E-state index contributed by atoms with van der Waals surface area (Å²) in [6, 6.07) is 6.43. The number of nitrogens with one attached hydrogen (secondary N) is 1. The molecule has 1 saturated heterocycles. The van der Waals surface area contributed by atoms with E-state index in [1.807, 2.05) is 19.9 Å². The van der Waals surface area contributed by atoms with Gasteiger partial charge in [-0.25, -0.2) is 23.2 Å². The van der Waals surface area contributed by atoms with Crippen molar-refractivity contribution in [2.45, 2.75) is 37.7 Å². The minimum atomic E-state index is -3.74. The van der Waals surface area contributed by atoms with Gasteiger partial charge in [-0.1, -0.05) is 0 Å². The highest BCUT2D eigenvalue weighted by molar-refractivity contribution is 7.89. The number of nitrogens with zero attached hydrogens (tertiary/aromatic N) is 3. The molecular formula is C18H20N4O5S. The van der Waals surface area contributed by atoms with Gasteiger partial charge >= 0.3 is 11.8 Å². The summed E-state index contributed by atoms with van der Waals surface area (Å²) in [6.45, 7) is 4.32. The molecule has 9 nitrogen and oxygen atoms in total. The predicted octanol–water partition coefficient (Wildman–Crippen LogP) is 1.76. The Kier molecular flexibility index (Phi) is 4.68. The standard InChI is InChI=1S/C18H20N4O5S/c1-11-8-12(2)20-17(19-11)26-13-4-3-7-22(10-13)28(24,25)14-5-6-16-15(9-14)21-18(23)27-16/h5-6,8-9,13H,3-4,7,10H2,1-2H3,(H,21,23). The molecule has 1 N–H and O–H groups in total. The Morgan fingerprint density at radius 2 is 1.96 bits per heavy atom. The number of oxazole rings is 1. The summed E-state index contributed by atoms with van der Waals surface area (Å²) in [6.07, 6.45) is 1.05. The van der Waals surface area contributed by atoms with E-state index in [1.54, 1.807) is 0 Å². The van der Waals surface area contributed by atoms with Crippen molar-refractivity contribution in [2.75, 3.05) is 13.1 Å². The van der Waals surface area contributed by atoms with Crippen LogP contribution in [0.3, 0.4) is 0 Å². The summed E-state index contributed by atoms with van der Waals surface area (Å²) in [4.78, 5) is 22.4.